The second-order valence-electron chi connectivity index (χ2n) is 12.3. The van der Waals surface area contributed by atoms with Crippen LogP contribution in [0, 0.1) is 0 Å². The van der Waals surface area contributed by atoms with Crippen molar-refractivity contribution in [2.75, 3.05) is 6.61 Å². The molecule has 0 fully saturated rings. The van der Waals surface area contributed by atoms with E-state index >= 15 is 0 Å². The van der Waals surface area contributed by atoms with Gasteiger partial charge < -0.3 is 9.22 Å². The van der Waals surface area contributed by atoms with Crippen LogP contribution in [-0.2, 0) is 4.12 Å². The lowest BCUT2D eigenvalue weighted by Gasteiger charge is -2.43. The minimum Gasteiger partial charge on any atom is -0.455 e. The molecule has 0 atom stereocenters. The van der Waals surface area contributed by atoms with Crippen LogP contribution in [0.3, 0.4) is 0 Å². The molecule has 38 heavy (non-hydrogen) atoms. The summed E-state index contributed by atoms with van der Waals surface area (Å²) in [6.45, 7) is 16.8. The normalized spacial score (nSPS) is 12.0. The first-order valence-corrected chi connectivity index (χ1v) is 22.9. The number of aliphatic hydroxyl groups is 1. The Morgan fingerprint density at radius 1 is 0.342 bits per heavy atom. The van der Waals surface area contributed by atoms with Crippen molar-refractivity contribution >= 4 is 16.6 Å². The first-order chi connectivity index (χ1) is 18.5. The van der Waals surface area contributed by atoms with Crippen molar-refractivity contribution in [1.82, 2.24) is 0 Å². The summed E-state index contributed by atoms with van der Waals surface area (Å²) in [6, 6.07) is 8.68. The van der Waals surface area contributed by atoms with Crippen LogP contribution in [0.5, 0.6) is 0 Å². The van der Waals surface area contributed by atoms with Gasteiger partial charge in [-0.1, -0.05) is 170 Å². The molecule has 1 N–H and O–H groups in total. The van der Waals surface area contributed by atoms with Gasteiger partial charge in [0.05, 0.1) is 0 Å². The molecule has 232 valence electrons. The standard InChI is InChI=1S/C24H54OSi2.C10H22O/c1-7-13-19-26(20-14-8-2,21-15-9-3)25-27(22-16-10-4,23-17-11-5)24-18-12-6;1-2-3-4-5-6-7-8-9-10-11/h7-24H2,1-6H3;11H,2-10H2,1H3. The molecular formula is C34H76O2Si2. The van der Waals surface area contributed by atoms with Crippen LogP contribution in [0.15, 0.2) is 0 Å². The molecule has 0 heterocycles. The van der Waals surface area contributed by atoms with Gasteiger partial charge in [0.1, 0.15) is 0 Å². The first-order valence-electron chi connectivity index (χ1n) is 17.8. The van der Waals surface area contributed by atoms with Crippen molar-refractivity contribution in [2.24, 2.45) is 0 Å². The fourth-order valence-corrected chi connectivity index (χ4v) is 19.4. The molecule has 0 unspecified atom stereocenters. The van der Waals surface area contributed by atoms with Crippen LogP contribution >= 0.6 is 0 Å². The predicted molar refractivity (Wildman–Crippen MR) is 181 cm³/mol. The van der Waals surface area contributed by atoms with Crippen LogP contribution in [0.2, 0.25) is 36.3 Å². The SMILES string of the molecule is CCCCCCCCCCO.CCCC[Si](CCCC)(CCCC)O[Si](CCCC)(CCCC)CCCC. The number of aliphatic hydroxyl groups excluding tert-OH is 1. The summed E-state index contributed by atoms with van der Waals surface area (Å²) < 4.78 is 7.72. The Morgan fingerprint density at radius 3 is 0.816 bits per heavy atom. The van der Waals surface area contributed by atoms with Gasteiger partial charge in [-0.05, 0) is 42.7 Å². The van der Waals surface area contributed by atoms with Gasteiger partial charge in [0, 0.05) is 6.61 Å². The van der Waals surface area contributed by atoms with Gasteiger partial charge in [-0.15, -0.1) is 0 Å². The van der Waals surface area contributed by atoms with Crippen molar-refractivity contribution in [3.8, 4) is 0 Å². The van der Waals surface area contributed by atoms with Gasteiger partial charge in [0.15, 0.2) is 16.6 Å². The van der Waals surface area contributed by atoms with Crippen LogP contribution in [0.1, 0.15) is 177 Å². The van der Waals surface area contributed by atoms with Crippen molar-refractivity contribution in [3.63, 3.8) is 0 Å². The van der Waals surface area contributed by atoms with Gasteiger partial charge in [-0.3, -0.25) is 0 Å². The van der Waals surface area contributed by atoms with Crippen LogP contribution in [-0.4, -0.2) is 28.3 Å². The summed E-state index contributed by atoms with van der Waals surface area (Å²) in [6.07, 6.45) is 26.8. The third-order valence-corrected chi connectivity index (χ3v) is 19.4. The monoisotopic (exact) mass is 573 g/mol. The molecule has 4 heteroatoms. The van der Waals surface area contributed by atoms with Crippen molar-refractivity contribution in [2.45, 2.75) is 213 Å². The highest BCUT2D eigenvalue weighted by Gasteiger charge is 2.43. The van der Waals surface area contributed by atoms with Crippen molar-refractivity contribution in [1.29, 1.82) is 0 Å². The first kappa shape index (κ1) is 40.5. The molecule has 0 saturated carbocycles. The summed E-state index contributed by atoms with van der Waals surface area (Å²) in [4.78, 5) is 0. The maximum absolute atomic E-state index is 8.51. The molecule has 0 aliphatic rings. The highest BCUT2D eigenvalue weighted by atomic mass is 28.4. The largest absolute Gasteiger partial charge is 0.455 e. The Hall–Kier alpha value is 0.354. The van der Waals surface area contributed by atoms with E-state index in [2.05, 4.69) is 48.5 Å². The molecule has 0 saturated heterocycles. The smallest absolute Gasteiger partial charge is 0.179 e. The second kappa shape index (κ2) is 30.3. The zero-order valence-electron chi connectivity index (χ0n) is 27.9. The fourth-order valence-electron chi connectivity index (χ4n) is 5.75. The Labute approximate surface area is 245 Å². The number of rotatable bonds is 28. The average molecular weight is 573 g/mol. The highest BCUT2D eigenvalue weighted by Crippen LogP contribution is 2.39. The van der Waals surface area contributed by atoms with E-state index < -0.39 is 16.6 Å². The molecule has 0 aromatic heterocycles. The van der Waals surface area contributed by atoms with Crippen molar-refractivity contribution in [3.05, 3.63) is 0 Å². The zero-order valence-corrected chi connectivity index (χ0v) is 29.9. The molecule has 0 aromatic rings. The van der Waals surface area contributed by atoms with Crippen molar-refractivity contribution < 1.29 is 9.22 Å². The van der Waals surface area contributed by atoms with E-state index in [9.17, 15) is 0 Å². The van der Waals surface area contributed by atoms with E-state index in [-0.39, 0.29) is 0 Å². The Kier molecular flexibility index (Phi) is 32.3. The molecule has 0 amide bonds. The predicted octanol–water partition coefficient (Wildman–Crippen LogP) is 12.8. The zero-order chi connectivity index (χ0) is 28.8. The molecule has 0 radical (unpaired) electrons. The van der Waals surface area contributed by atoms with E-state index in [0.29, 0.717) is 6.61 Å². The van der Waals surface area contributed by atoms with Gasteiger partial charge in [-0.25, -0.2) is 0 Å². The molecule has 0 aliphatic heterocycles. The van der Waals surface area contributed by atoms with E-state index in [1.165, 1.54) is 158 Å². The maximum Gasteiger partial charge on any atom is 0.179 e. The Bertz CT molecular complexity index is 363. The van der Waals surface area contributed by atoms with Gasteiger partial charge in [-0.2, -0.15) is 0 Å². The van der Waals surface area contributed by atoms with E-state index in [1.807, 2.05) is 0 Å². The summed E-state index contributed by atoms with van der Waals surface area (Å²) in [5.41, 5.74) is 0. The lowest BCUT2D eigenvalue weighted by molar-refractivity contribution is 0.282. The number of unbranched alkanes of at least 4 members (excludes halogenated alkanes) is 13. The third-order valence-electron chi connectivity index (χ3n) is 8.36. The summed E-state index contributed by atoms with van der Waals surface area (Å²) in [5, 5.41) is 8.51. The topological polar surface area (TPSA) is 29.5 Å². The average Bonchev–Trinajstić information content (AvgIpc) is 2.94. The van der Waals surface area contributed by atoms with Gasteiger partial charge in [0.2, 0.25) is 0 Å². The third kappa shape index (κ3) is 23.1. The van der Waals surface area contributed by atoms with E-state index in [1.54, 1.807) is 0 Å². The van der Waals surface area contributed by atoms with E-state index in [0.717, 1.165) is 6.42 Å². The fraction of sp³-hybridized carbons (Fsp3) is 1.00. The molecule has 0 aliphatic carbocycles. The van der Waals surface area contributed by atoms with Crippen LogP contribution in [0.4, 0.5) is 0 Å². The molecule has 0 bridgehead atoms. The molecule has 0 aromatic carbocycles. The second-order valence-corrected chi connectivity index (χ2v) is 20.8. The maximum atomic E-state index is 8.51. The molecule has 2 nitrogen and oxygen atoms in total. The number of hydrogen-bond donors (Lipinski definition) is 1. The highest BCUT2D eigenvalue weighted by molar-refractivity contribution is 6.87. The lowest BCUT2D eigenvalue weighted by atomic mass is 10.1. The molecule has 0 spiro atoms. The lowest BCUT2D eigenvalue weighted by Crippen LogP contribution is -2.51. The number of hydrogen-bond acceptors (Lipinski definition) is 2. The summed E-state index contributed by atoms with van der Waals surface area (Å²) in [5.74, 6) is 0. The van der Waals surface area contributed by atoms with Gasteiger partial charge in [0.25, 0.3) is 0 Å². The summed E-state index contributed by atoms with van der Waals surface area (Å²) in [7, 11) is -3.16. The van der Waals surface area contributed by atoms with Crippen LogP contribution in [0.25, 0.3) is 0 Å². The Balaban J connectivity index is 0. The summed E-state index contributed by atoms with van der Waals surface area (Å²) >= 11 is 0. The quantitative estimate of drug-likeness (QED) is 0.0746. The molecule has 0 rings (SSSR count). The van der Waals surface area contributed by atoms with E-state index in [4.69, 9.17) is 9.22 Å². The van der Waals surface area contributed by atoms with Gasteiger partial charge >= 0.3 is 0 Å². The Morgan fingerprint density at radius 2 is 0.579 bits per heavy atom. The van der Waals surface area contributed by atoms with Crippen LogP contribution < -0.4 is 0 Å². The minimum atomic E-state index is -1.58. The molecular weight excluding hydrogens is 497 g/mol. The minimum absolute atomic E-state index is 0.370.